The monoisotopic (exact) mass is 304 g/mol. The molecule has 0 heterocycles. The van der Waals surface area contributed by atoms with Crippen LogP contribution in [0.5, 0.6) is 5.75 Å². The largest absolute Gasteiger partial charge is 0.492 e. The number of halogens is 1. The summed E-state index contributed by atoms with van der Waals surface area (Å²) in [7, 11) is 0. The standard InChI is InChI=1S/C16H17BrO/c1-12-5-3-7-14(11-12)15-8-4-6-13(2)16(15)18-10-9-17/h3-8,11H,9-10H2,1-2H3. The van der Waals surface area contributed by atoms with Gasteiger partial charge in [-0.05, 0) is 25.0 Å². The van der Waals surface area contributed by atoms with Crippen LogP contribution < -0.4 is 4.74 Å². The molecule has 18 heavy (non-hydrogen) atoms. The number of hydrogen-bond donors (Lipinski definition) is 0. The second-order valence-electron chi connectivity index (χ2n) is 4.36. The van der Waals surface area contributed by atoms with E-state index in [9.17, 15) is 0 Å². The molecule has 0 unspecified atom stereocenters. The lowest BCUT2D eigenvalue weighted by molar-refractivity contribution is 0.344. The van der Waals surface area contributed by atoms with Gasteiger partial charge in [-0.25, -0.2) is 0 Å². The Kier molecular flexibility index (Phi) is 4.43. The maximum absolute atomic E-state index is 5.86. The minimum Gasteiger partial charge on any atom is -0.492 e. The van der Waals surface area contributed by atoms with Gasteiger partial charge in [0.05, 0.1) is 6.61 Å². The van der Waals surface area contributed by atoms with Gasteiger partial charge in [0, 0.05) is 10.9 Å². The van der Waals surface area contributed by atoms with Crippen molar-refractivity contribution in [2.24, 2.45) is 0 Å². The summed E-state index contributed by atoms with van der Waals surface area (Å²) in [5.74, 6) is 0.988. The Bertz CT molecular complexity index is 534. The zero-order valence-corrected chi connectivity index (χ0v) is 12.3. The van der Waals surface area contributed by atoms with Crippen molar-refractivity contribution in [2.45, 2.75) is 13.8 Å². The molecule has 0 aliphatic rings. The van der Waals surface area contributed by atoms with E-state index in [1.165, 1.54) is 22.3 Å². The molecule has 0 atom stereocenters. The van der Waals surface area contributed by atoms with E-state index < -0.39 is 0 Å². The maximum atomic E-state index is 5.86. The summed E-state index contributed by atoms with van der Waals surface area (Å²) in [5, 5.41) is 0.842. The second-order valence-corrected chi connectivity index (χ2v) is 5.15. The summed E-state index contributed by atoms with van der Waals surface area (Å²) in [6, 6.07) is 14.8. The van der Waals surface area contributed by atoms with Crippen LogP contribution in [0.1, 0.15) is 11.1 Å². The quantitative estimate of drug-likeness (QED) is 0.741. The maximum Gasteiger partial charge on any atom is 0.130 e. The van der Waals surface area contributed by atoms with Crippen molar-refractivity contribution >= 4 is 15.9 Å². The Hall–Kier alpha value is -1.28. The topological polar surface area (TPSA) is 9.23 Å². The van der Waals surface area contributed by atoms with Crippen molar-refractivity contribution in [3.05, 3.63) is 53.6 Å². The average molecular weight is 305 g/mol. The Labute approximate surface area is 117 Å². The molecule has 2 rings (SSSR count). The lowest BCUT2D eigenvalue weighted by atomic mass is 10.0. The van der Waals surface area contributed by atoms with E-state index in [0.717, 1.165) is 11.1 Å². The molecule has 1 nitrogen and oxygen atoms in total. The molecule has 94 valence electrons. The third kappa shape index (κ3) is 2.94. The minimum absolute atomic E-state index is 0.684. The highest BCUT2D eigenvalue weighted by atomic mass is 79.9. The number of para-hydroxylation sites is 1. The Balaban J connectivity index is 2.46. The summed E-state index contributed by atoms with van der Waals surface area (Å²) in [5.41, 5.74) is 4.82. The predicted octanol–water partition coefficient (Wildman–Crippen LogP) is 4.74. The summed E-state index contributed by atoms with van der Waals surface area (Å²) in [6.07, 6.45) is 0. The Morgan fingerprint density at radius 3 is 2.56 bits per heavy atom. The van der Waals surface area contributed by atoms with Gasteiger partial charge < -0.3 is 4.74 Å². The van der Waals surface area contributed by atoms with Crippen LogP contribution in [0.3, 0.4) is 0 Å². The molecule has 0 radical (unpaired) electrons. The van der Waals surface area contributed by atoms with E-state index in [2.05, 4.69) is 72.2 Å². The minimum atomic E-state index is 0.684. The van der Waals surface area contributed by atoms with Gasteiger partial charge in [0.15, 0.2) is 0 Å². The van der Waals surface area contributed by atoms with Crippen LogP contribution in [0.15, 0.2) is 42.5 Å². The highest BCUT2D eigenvalue weighted by molar-refractivity contribution is 9.09. The van der Waals surface area contributed by atoms with Crippen molar-refractivity contribution in [1.82, 2.24) is 0 Å². The number of ether oxygens (including phenoxy) is 1. The molecular weight excluding hydrogens is 288 g/mol. The number of benzene rings is 2. The van der Waals surface area contributed by atoms with Gasteiger partial charge in [-0.1, -0.05) is 64.0 Å². The smallest absolute Gasteiger partial charge is 0.130 e. The lowest BCUT2D eigenvalue weighted by Gasteiger charge is -2.14. The molecule has 0 aliphatic heterocycles. The SMILES string of the molecule is Cc1cccc(-c2cccc(C)c2OCCBr)c1. The molecule has 2 aromatic carbocycles. The first-order chi connectivity index (χ1) is 8.72. The van der Waals surface area contributed by atoms with E-state index in [-0.39, 0.29) is 0 Å². The van der Waals surface area contributed by atoms with Gasteiger partial charge in [-0.3, -0.25) is 0 Å². The Morgan fingerprint density at radius 2 is 1.83 bits per heavy atom. The fraction of sp³-hybridized carbons (Fsp3) is 0.250. The molecule has 2 aromatic rings. The van der Waals surface area contributed by atoms with Gasteiger partial charge >= 0.3 is 0 Å². The summed E-state index contributed by atoms with van der Waals surface area (Å²) in [6.45, 7) is 4.88. The van der Waals surface area contributed by atoms with Crippen LogP contribution in [0.4, 0.5) is 0 Å². The van der Waals surface area contributed by atoms with Crippen LogP contribution in [0, 0.1) is 13.8 Å². The Morgan fingerprint density at radius 1 is 1.06 bits per heavy atom. The van der Waals surface area contributed by atoms with Crippen LogP contribution in [-0.2, 0) is 0 Å². The summed E-state index contributed by atoms with van der Waals surface area (Å²) >= 11 is 3.40. The molecule has 0 aliphatic carbocycles. The molecule has 0 saturated heterocycles. The first-order valence-electron chi connectivity index (χ1n) is 6.08. The lowest BCUT2D eigenvalue weighted by Crippen LogP contribution is -2.01. The van der Waals surface area contributed by atoms with Crippen molar-refractivity contribution in [3.63, 3.8) is 0 Å². The number of alkyl halides is 1. The molecular formula is C16H17BrO. The highest BCUT2D eigenvalue weighted by Crippen LogP contribution is 2.33. The average Bonchev–Trinajstić information content (AvgIpc) is 2.37. The van der Waals surface area contributed by atoms with Crippen LogP contribution in [0.2, 0.25) is 0 Å². The van der Waals surface area contributed by atoms with E-state index in [1.807, 2.05) is 0 Å². The molecule has 0 amide bonds. The third-order valence-electron chi connectivity index (χ3n) is 2.86. The molecule has 0 bridgehead atoms. The van der Waals surface area contributed by atoms with Gasteiger partial charge in [0.25, 0.3) is 0 Å². The van der Waals surface area contributed by atoms with Gasteiger partial charge in [0.2, 0.25) is 0 Å². The molecule has 2 heteroatoms. The zero-order valence-electron chi connectivity index (χ0n) is 10.7. The van der Waals surface area contributed by atoms with Crippen molar-refractivity contribution in [1.29, 1.82) is 0 Å². The van der Waals surface area contributed by atoms with Gasteiger partial charge in [-0.2, -0.15) is 0 Å². The van der Waals surface area contributed by atoms with E-state index in [1.54, 1.807) is 0 Å². The number of hydrogen-bond acceptors (Lipinski definition) is 1. The van der Waals surface area contributed by atoms with E-state index in [4.69, 9.17) is 4.74 Å². The molecule has 0 aromatic heterocycles. The van der Waals surface area contributed by atoms with Crippen LogP contribution >= 0.6 is 15.9 Å². The predicted molar refractivity (Wildman–Crippen MR) is 80.6 cm³/mol. The summed E-state index contributed by atoms with van der Waals surface area (Å²) in [4.78, 5) is 0. The van der Waals surface area contributed by atoms with E-state index in [0.29, 0.717) is 6.61 Å². The van der Waals surface area contributed by atoms with E-state index >= 15 is 0 Å². The molecule has 0 N–H and O–H groups in total. The van der Waals surface area contributed by atoms with Gasteiger partial charge in [0.1, 0.15) is 5.75 Å². The van der Waals surface area contributed by atoms with Crippen LogP contribution in [-0.4, -0.2) is 11.9 Å². The normalized spacial score (nSPS) is 10.4. The number of aryl methyl sites for hydroxylation is 2. The van der Waals surface area contributed by atoms with Crippen molar-refractivity contribution < 1.29 is 4.74 Å². The van der Waals surface area contributed by atoms with Crippen molar-refractivity contribution in [2.75, 3.05) is 11.9 Å². The van der Waals surface area contributed by atoms with Gasteiger partial charge in [-0.15, -0.1) is 0 Å². The highest BCUT2D eigenvalue weighted by Gasteiger charge is 2.08. The molecule has 0 spiro atoms. The summed E-state index contributed by atoms with van der Waals surface area (Å²) < 4.78 is 5.86. The zero-order chi connectivity index (χ0) is 13.0. The first kappa shape index (κ1) is 13.2. The van der Waals surface area contributed by atoms with Crippen molar-refractivity contribution in [3.8, 4) is 16.9 Å². The fourth-order valence-corrected chi connectivity index (χ4v) is 2.19. The first-order valence-corrected chi connectivity index (χ1v) is 7.20. The third-order valence-corrected chi connectivity index (χ3v) is 3.19. The second kappa shape index (κ2) is 6.05. The molecule has 0 saturated carbocycles. The molecule has 0 fully saturated rings. The van der Waals surface area contributed by atoms with Crippen LogP contribution in [0.25, 0.3) is 11.1 Å². The number of rotatable bonds is 4. The fourth-order valence-electron chi connectivity index (χ4n) is 2.02.